The van der Waals surface area contributed by atoms with Gasteiger partial charge in [0.2, 0.25) is 0 Å². The number of rotatable bonds is 3. The molecule has 0 aromatic heterocycles. The van der Waals surface area contributed by atoms with Crippen molar-refractivity contribution in [3.63, 3.8) is 0 Å². The average molecular weight is 152 g/mol. The lowest BCUT2D eigenvalue weighted by Crippen LogP contribution is -2.06. The topological polar surface area (TPSA) is 47.3 Å². The van der Waals surface area contributed by atoms with Gasteiger partial charge in [-0.2, -0.15) is 0 Å². The number of nitrogens with two attached hydrogens (primary N) is 1. The van der Waals surface area contributed by atoms with Crippen molar-refractivity contribution in [2.45, 2.75) is 6.92 Å². The molecule has 0 saturated heterocycles. The highest BCUT2D eigenvalue weighted by Crippen LogP contribution is 2.14. The Hall–Kier alpha value is -1.22. The summed E-state index contributed by atoms with van der Waals surface area (Å²) in [6.45, 7) is 2.64. The van der Waals surface area contributed by atoms with Crippen LogP contribution >= 0.6 is 0 Å². The number of nitrogen functional groups attached to an aromatic ring is 1. The largest absolute Gasteiger partial charge is 0.494 e. The molecular weight excluding hydrogens is 140 g/mol. The molecular formula is C8H12N2O. The molecule has 0 bridgehead atoms. The van der Waals surface area contributed by atoms with Gasteiger partial charge in [0, 0.05) is 5.69 Å². The summed E-state index contributed by atoms with van der Waals surface area (Å²) in [5.74, 6) is 6.05. The molecule has 1 aromatic rings. The summed E-state index contributed by atoms with van der Waals surface area (Å²) in [4.78, 5) is 0. The van der Waals surface area contributed by atoms with Crippen molar-refractivity contribution < 1.29 is 4.74 Å². The van der Waals surface area contributed by atoms with Crippen LogP contribution < -0.4 is 16.0 Å². The van der Waals surface area contributed by atoms with Crippen LogP contribution in [-0.4, -0.2) is 6.61 Å². The van der Waals surface area contributed by atoms with E-state index in [1.807, 2.05) is 31.2 Å². The van der Waals surface area contributed by atoms with E-state index in [0.29, 0.717) is 6.61 Å². The predicted octanol–water partition coefficient (Wildman–Crippen LogP) is 1.37. The predicted molar refractivity (Wildman–Crippen MR) is 45.4 cm³/mol. The lowest BCUT2D eigenvalue weighted by atomic mass is 10.3. The molecule has 0 radical (unpaired) electrons. The SMILES string of the molecule is CCOc1ccc(NN)cc1. The second-order valence-corrected chi connectivity index (χ2v) is 2.10. The quantitative estimate of drug-likeness (QED) is 0.508. The normalized spacial score (nSPS) is 9.27. The van der Waals surface area contributed by atoms with Crippen LogP contribution in [0.3, 0.4) is 0 Å². The zero-order valence-electron chi connectivity index (χ0n) is 6.50. The van der Waals surface area contributed by atoms with Crippen LogP contribution in [0.1, 0.15) is 6.92 Å². The molecule has 1 aromatic carbocycles. The number of hydrazine groups is 1. The van der Waals surface area contributed by atoms with Crippen LogP contribution in [-0.2, 0) is 0 Å². The summed E-state index contributed by atoms with van der Waals surface area (Å²) in [5.41, 5.74) is 3.42. The Labute approximate surface area is 66.1 Å². The van der Waals surface area contributed by atoms with Gasteiger partial charge in [-0.3, -0.25) is 5.84 Å². The molecule has 3 heteroatoms. The molecule has 0 fully saturated rings. The van der Waals surface area contributed by atoms with Gasteiger partial charge in [0.05, 0.1) is 6.61 Å². The van der Waals surface area contributed by atoms with Crippen LogP contribution in [0.15, 0.2) is 24.3 Å². The monoisotopic (exact) mass is 152 g/mol. The number of hydrogen-bond donors (Lipinski definition) is 2. The van der Waals surface area contributed by atoms with Crippen molar-refractivity contribution in [2.75, 3.05) is 12.0 Å². The van der Waals surface area contributed by atoms with E-state index in [-0.39, 0.29) is 0 Å². The summed E-state index contributed by atoms with van der Waals surface area (Å²) >= 11 is 0. The Balaban J connectivity index is 2.66. The van der Waals surface area contributed by atoms with Gasteiger partial charge in [0.1, 0.15) is 5.75 Å². The Bertz CT molecular complexity index is 208. The first-order valence-corrected chi connectivity index (χ1v) is 3.56. The highest BCUT2D eigenvalue weighted by molar-refractivity contribution is 5.44. The molecule has 0 saturated carbocycles. The number of benzene rings is 1. The van der Waals surface area contributed by atoms with Crippen molar-refractivity contribution in [1.29, 1.82) is 0 Å². The number of nitrogens with one attached hydrogen (secondary N) is 1. The summed E-state index contributed by atoms with van der Waals surface area (Å²) < 4.78 is 5.24. The van der Waals surface area contributed by atoms with Gasteiger partial charge in [-0.05, 0) is 31.2 Å². The molecule has 0 atom stereocenters. The molecule has 0 aliphatic rings. The molecule has 0 amide bonds. The van der Waals surface area contributed by atoms with Crippen LogP contribution in [0.25, 0.3) is 0 Å². The molecule has 0 spiro atoms. The summed E-state index contributed by atoms with van der Waals surface area (Å²) in [6, 6.07) is 7.48. The van der Waals surface area contributed by atoms with Crippen LogP contribution in [0, 0.1) is 0 Å². The first kappa shape index (κ1) is 7.88. The van der Waals surface area contributed by atoms with E-state index in [1.165, 1.54) is 0 Å². The third-order valence-electron chi connectivity index (χ3n) is 1.33. The molecule has 1 rings (SSSR count). The molecule has 0 heterocycles. The fourth-order valence-electron chi connectivity index (χ4n) is 0.814. The first-order valence-electron chi connectivity index (χ1n) is 3.56. The minimum atomic E-state index is 0.690. The van der Waals surface area contributed by atoms with Gasteiger partial charge < -0.3 is 10.2 Å². The summed E-state index contributed by atoms with van der Waals surface area (Å²) in [6.07, 6.45) is 0. The maximum Gasteiger partial charge on any atom is 0.119 e. The van der Waals surface area contributed by atoms with Gasteiger partial charge in [-0.15, -0.1) is 0 Å². The maximum absolute atomic E-state index is 5.24. The van der Waals surface area contributed by atoms with E-state index in [2.05, 4.69) is 5.43 Å². The highest BCUT2D eigenvalue weighted by atomic mass is 16.5. The van der Waals surface area contributed by atoms with Crippen molar-refractivity contribution in [3.05, 3.63) is 24.3 Å². The van der Waals surface area contributed by atoms with Crippen LogP contribution in [0.5, 0.6) is 5.75 Å². The number of hydrogen-bond acceptors (Lipinski definition) is 3. The summed E-state index contributed by atoms with van der Waals surface area (Å²) in [7, 11) is 0. The minimum absolute atomic E-state index is 0.690. The fourth-order valence-corrected chi connectivity index (χ4v) is 0.814. The van der Waals surface area contributed by atoms with Gasteiger partial charge in [0.25, 0.3) is 0 Å². The molecule has 0 unspecified atom stereocenters. The first-order chi connectivity index (χ1) is 5.36. The smallest absolute Gasteiger partial charge is 0.119 e. The van der Waals surface area contributed by atoms with E-state index >= 15 is 0 Å². The second-order valence-electron chi connectivity index (χ2n) is 2.10. The van der Waals surface area contributed by atoms with E-state index in [9.17, 15) is 0 Å². The van der Waals surface area contributed by atoms with Gasteiger partial charge in [-0.25, -0.2) is 0 Å². The van der Waals surface area contributed by atoms with Crippen molar-refractivity contribution in [1.82, 2.24) is 0 Å². The lowest BCUT2D eigenvalue weighted by molar-refractivity contribution is 0.340. The molecule has 60 valence electrons. The molecule has 3 nitrogen and oxygen atoms in total. The Morgan fingerprint density at radius 2 is 2.00 bits per heavy atom. The van der Waals surface area contributed by atoms with E-state index in [1.54, 1.807) is 0 Å². The van der Waals surface area contributed by atoms with Crippen molar-refractivity contribution in [2.24, 2.45) is 5.84 Å². The average Bonchev–Trinajstić information content (AvgIpc) is 2.07. The van der Waals surface area contributed by atoms with Crippen LogP contribution in [0.4, 0.5) is 5.69 Å². The zero-order chi connectivity index (χ0) is 8.10. The maximum atomic E-state index is 5.24. The standard InChI is InChI=1S/C8H12N2O/c1-2-11-8-5-3-7(10-9)4-6-8/h3-6,10H,2,9H2,1H3. The van der Waals surface area contributed by atoms with Crippen molar-refractivity contribution in [3.8, 4) is 5.75 Å². The molecule has 0 aliphatic heterocycles. The third-order valence-corrected chi connectivity index (χ3v) is 1.33. The van der Waals surface area contributed by atoms with Gasteiger partial charge in [-0.1, -0.05) is 0 Å². The number of anilines is 1. The number of ether oxygens (including phenoxy) is 1. The Morgan fingerprint density at radius 3 is 2.45 bits per heavy atom. The molecule has 11 heavy (non-hydrogen) atoms. The van der Waals surface area contributed by atoms with E-state index in [4.69, 9.17) is 10.6 Å². The van der Waals surface area contributed by atoms with Gasteiger partial charge >= 0.3 is 0 Å². The van der Waals surface area contributed by atoms with Gasteiger partial charge in [0.15, 0.2) is 0 Å². The molecule has 3 N–H and O–H groups in total. The van der Waals surface area contributed by atoms with Crippen LogP contribution in [0.2, 0.25) is 0 Å². The van der Waals surface area contributed by atoms with E-state index < -0.39 is 0 Å². The lowest BCUT2D eigenvalue weighted by Gasteiger charge is -2.03. The minimum Gasteiger partial charge on any atom is -0.494 e. The molecule has 0 aliphatic carbocycles. The Morgan fingerprint density at radius 1 is 1.36 bits per heavy atom. The van der Waals surface area contributed by atoms with Crippen molar-refractivity contribution >= 4 is 5.69 Å². The summed E-state index contributed by atoms with van der Waals surface area (Å²) in [5, 5.41) is 0. The zero-order valence-corrected chi connectivity index (χ0v) is 6.50. The highest BCUT2D eigenvalue weighted by Gasteiger charge is 1.90. The third kappa shape index (κ3) is 2.13. The van der Waals surface area contributed by atoms with E-state index in [0.717, 1.165) is 11.4 Å². The Kier molecular flexibility index (Phi) is 2.74. The second kappa shape index (κ2) is 3.83. The fraction of sp³-hybridized carbons (Fsp3) is 0.250.